The smallest absolute Gasteiger partial charge is 0.326 e. The molecule has 0 bridgehead atoms. The summed E-state index contributed by atoms with van der Waals surface area (Å²) in [7, 11) is 0. The summed E-state index contributed by atoms with van der Waals surface area (Å²) < 4.78 is 0. The van der Waals surface area contributed by atoms with Gasteiger partial charge in [0.15, 0.2) is 5.13 Å². The highest BCUT2D eigenvalue weighted by atomic mass is 32.1. The Labute approximate surface area is 92.6 Å². The number of thiazole rings is 1. The molecule has 15 heavy (non-hydrogen) atoms. The van der Waals surface area contributed by atoms with Crippen molar-refractivity contribution in [1.82, 2.24) is 4.98 Å². The van der Waals surface area contributed by atoms with Crippen molar-refractivity contribution in [2.45, 2.75) is 32.7 Å². The molecule has 2 heterocycles. The van der Waals surface area contributed by atoms with Gasteiger partial charge in [-0.3, -0.25) is 0 Å². The Balaban J connectivity index is 2.26. The highest BCUT2D eigenvalue weighted by Crippen LogP contribution is 2.31. The number of rotatable bonds is 2. The van der Waals surface area contributed by atoms with E-state index in [0.29, 0.717) is 0 Å². The SMILES string of the molecule is Cc1nc(N2CCCC2C(=O)O)sc1C. The molecule has 1 aromatic rings. The van der Waals surface area contributed by atoms with Gasteiger partial charge in [-0.2, -0.15) is 0 Å². The zero-order chi connectivity index (χ0) is 11.0. The summed E-state index contributed by atoms with van der Waals surface area (Å²) in [5, 5.41) is 9.91. The molecule has 1 saturated heterocycles. The molecule has 1 fully saturated rings. The molecule has 0 aromatic carbocycles. The van der Waals surface area contributed by atoms with Crippen LogP contribution in [-0.2, 0) is 4.79 Å². The number of carbonyl (C=O) groups is 1. The van der Waals surface area contributed by atoms with Gasteiger partial charge in [-0.05, 0) is 26.7 Å². The van der Waals surface area contributed by atoms with E-state index in [1.165, 1.54) is 4.88 Å². The van der Waals surface area contributed by atoms with Gasteiger partial charge in [-0.25, -0.2) is 9.78 Å². The van der Waals surface area contributed by atoms with Crippen molar-refractivity contribution < 1.29 is 9.90 Å². The predicted octanol–water partition coefficient (Wildman–Crippen LogP) is 1.81. The number of hydrogen-bond acceptors (Lipinski definition) is 4. The van der Waals surface area contributed by atoms with Gasteiger partial charge in [-0.15, -0.1) is 11.3 Å². The first-order chi connectivity index (χ1) is 7.09. The second kappa shape index (κ2) is 3.81. The number of aromatic nitrogens is 1. The monoisotopic (exact) mass is 226 g/mol. The molecule has 4 nitrogen and oxygen atoms in total. The molecule has 1 aliphatic rings. The van der Waals surface area contributed by atoms with Gasteiger partial charge in [0.1, 0.15) is 6.04 Å². The molecule has 0 radical (unpaired) electrons. The Bertz CT molecular complexity index is 369. The molecular weight excluding hydrogens is 212 g/mol. The molecule has 0 spiro atoms. The molecule has 0 saturated carbocycles. The van der Waals surface area contributed by atoms with E-state index in [-0.39, 0.29) is 6.04 Å². The van der Waals surface area contributed by atoms with Crippen LogP contribution < -0.4 is 4.90 Å². The van der Waals surface area contributed by atoms with Crippen LogP contribution in [0.1, 0.15) is 23.4 Å². The first-order valence-electron chi connectivity index (χ1n) is 5.03. The summed E-state index contributed by atoms with van der Waals surface area (Å²) in [5.74, 6) is -0.738. The zero-order valence-electron chi connectivity index (χ0n) is 8.86. The number of nitrogens with zero attached hydrogens (tertiary/aromatic N) is 2. The third-order valence-electron chi connectivity index (χ3n) is 2.80. The van der Waals surface area contributed by atoms with Crippen LogP contribution in [0, 0.1) is 13.8 Å². The molecule has 1 unspecified atom stereocenters. The quantitative estimate of drug-likeness (QED) is 0.835. The maximum absolute atomic E-state index is 11.0. The third kappa shape index (κ3) is 1.84. The van der Waals surface area contributed by atoms with E-state index < -0.39 is 5.97 Å². The highest BCUT2D eigenvalue weighted by Gasteiger charge is 2.32. The van der Waals surface area contributed by atoms with E-state index >= 15 is 0 Å². The lowest BCUT2D eigenvalue weighted by Crippen LogP contribution is -2.35. The first kappa shape index (κ1) is 10.4. The number of carboxylic acid groups (broad SMARTS) is 1. The Morgan fingerprint density at radius 1 is 1.60 bits per heavy atom. The Kier molecular flexibility index (Phi) is 2.65. The van der Waals surface area contributed by atoms with Gasteiger partial charge in [0.25, 0.3) is 0 Å². The summed E-state index contributed by atoms with van der Waals surface area (Å²) in [4.78, 5) is 18.5. The average Bonchev–Trinajstić information content (AvgIpc) is 2.73. The molecule has 82 valence electrons. The fourth-order valence-corrected chi connectivity index (χ4v) is 2.82. The predicted molar refractivity (Wildman–Crippen MR) is 59.6 cm³/mol. The fourth-order valence-electron chi connectivity index (χ4n) is 1.83. The first-order valence-corrected chi connectivity index (χ1v) is 5.84. The fraction of sp³-hybridized carbons (Fsp3) is 0.600. The second-order valence-electron chi connectivity index (χ2n) is 3.83. The lowest BCUT2D eigenvalue weighted by atomic mass is 10.2. The molecule has 0 amide bonds. The van der Waals surface area contributed by atoms with Gasteiger partial charge >= 0.3 is 5.97 Å². The summed E-state index contributed by atoms with van der Waals surface area (Å²) in [6.07, 6.45) is 1.67. The number of carboxylic acids is 1. The lowest BCUT2D eigenvalue weighted by Gasteiger charge is -2.19. The van der Waals surface area contributed by atoms with Crippen molar-refractivity contribution in [2.24, 2.45) is 0 Å². The van der Waals surface area contributed by atoms with Crippen LogP contribution in [0.3, 0.4) is 0 Å². The van der Waals surface area contributed by atoms with Crippen molar-refractivity contribution in [3.05, 3.63) is 10.6 Å². The van der Waals surface area contributed by atoms with Gasteiger partial charge in [-0.1, -0.05) is 0 Å². The van der Waals surface area contributed by atoms with Crippen LogP contribution >= 0.6 is 11.3 Å². The van der Waals surface area contributed by atoms with Crippen molar-refractivity contribution in [3.8, 4) is 0 Å². The maximum atomic E-state index is 11.0. The number of anilines is 1. The van der Waals surface area contributed by atoms with E-state index in [1.54, 1.807) is 11.3 Å². The normalized spacial score (nSPS) is 20.9. The average molecular weight is 226 g/mol. The Hall–Kier alpha value is -1.10. The summed E-state index contributed by atoms with van der Waals surface area (Å²) >= 11 is 1.58. The standard InChI is InChI=1S/C10H14N2O2S/c1-6-7(2)15-10(11-6)12-5-3-4-8(12)9(13)14/h8H,3-5H2,1-2H3,(H,13,14). The van der Waals surface area contributed by atoms with Crippen molar-refractivity contribution >= 4 is 22.4 Å². The number of aryl methyl sites for hydroxylation is 2. The van der Waals surface area contributed by atoms with E-state index in [9.17, 15) is 4.79 Å². The largest absolute Gasteiger partial charge is 0.480 e. The van der Waals surface area contributed by atoms with Crippen LogP contribution in [-0.4, -0.2) is 28.6 Å². The Morgan fingerprint density at radius 2 is 2.33 bits per heavy atom. The minimum Gasteiger partial charge on any atom is -0.480 e. The molecule has 1 N–H and O–H groups in total. The summed E-state index contributed by atoms with van der Waals surface area (Å²) in [5.41, 5.74) is 1.01. The van der Waals surface area contributed by atoms with Crippen LogP contribution in [0.15, 0.2) is 0 Å². The van der Waals surface area contributed by atoms with Crippen LogP contribution in [0.25, 0.3) is 0 Å². The highest BCUT2D eigenvalue weighted by molar-refractivity contribution is 7.15. The Morgan fingerprint density at radius 3 is 2.87 bits per heavy atom. The minimum absolute atomic E-state index is 0.380. The number of aliphatic carboxylic acids is 1. The molecule has 0 aliphatic carbocycles. The number of hydrogen-bond donors (Lipinski definition) is 1. The maximum Gasteiger partial charge on any atom is 0.326 e. The van der Waals surface area contributed by atoms with Crippen LogP contribution in [0.5, 0.6) is 0 Å². The van der Waals surface area contributed by atoms with Gasteiger partial charge in [0, 0.05) is 11.4 Å². The zero-order valence-corrected chi connectivity index (χ0v) is 9.67. The molecule has 1 aliphatic heterocycles. The summed E-state index contributed by atoms with van der Waals surface area (Å²) in [6, 6.07) is -0.380. The van der Waals surface area contributed by atoms with E-state index in [0.717, 1.165) is 30.2 Å². The molecule has 2 rings (SSSR count). The van der Waals surface area contributed by atoms with Crippen molar-refractivity contribution in [1.29, 1.82) is 0 Å². The molecule has 1 atom stereocenters. The molecule has 5 heteroatoms. The topological polar surface area (TPSA) is 53.4 Å². The van der Waals surface area contributed by atoms with Gasteiger partial charge in [0.05, 0.1) is 5.69 Å². The van der Waals surface area contributed by atoms with Crippen molar-refractivity contribution in [2.75, 3.05) is 11.4 Å². The van der Waals surface area contributed by atoms with Gasteiger partial charge < -0.3 is 10.0 Å². The van der Waals surface area contributed by atoms with Gasteiger partial charge in [0.2, 0.25) is 0 Å². The lowest BCUT2D eigenvalue weighted by molar-refractivity contribution is -0.138. The van der Waals surface area contributed by atoms with E-state index in [4.69, 9.17) is 5.11 Å². The summed E-state index contributed by atoms with van der Waals surface area (Å²) in [6.45, 7) is 4.78. The molecule has 1 aromatic heterocycles. The molecular formula is C10H14N2O2S. The second-order valence-corrected chi connectivity index (χ2v) is 5.01. The minimum atomic E-state index is -0.738. The third-order valence-corrected chi connectivity index (χ3v) is 3.91. The van der Waals surface area contributed by atoms with Crippen molar-refractivity contribution in [3.63, 3.8) is 0 Å². The van der Waals surface area contributed by atoms with E-state index in [2.05, 4.69) is 4.98 Å². The van der Waals surface area contributed by atoms with Crippen LogP contribution in [0.4, 0.5) is 5.13 Å². The van der Waals surface area contributed by atoms with E-state index in [1.807, 2.05) is 18.7 Å². The van der Waals surface area contributed by atoms with Crippen LogP contribution in [0.2, 0.25) is 0 Å².